The zero-order chi connectivity index (χ0) is 14.6. The van der Waals surface area contributed by atoms with Gasteiger partial charge in [-0.05, 0) is 18.8 Å². The van der Waals surface area contributed by atoms with Gasteiger partial charge in [-0.25, -0.2) is 17.6 Å². The molecule has 19 heavy (non-hydrogen) atoms. The topological polar surface area (TPSA) is 69.2 Å². The molecule has 2 aliphatic rings. The van der Waals surface area contributed by atoms with Gasteiger partial charge in [-0.3, -0.25) is 0 Å². The van der Waals surface area contributed by atoms with E-state index in [1.165, 1.54) is 19.3 Å². The molecule has 0 heterocycles. The van der Waals surface area contributed by atoms with Gasteiger partial charge in [0.15, 0.2) is 0 Å². The van der Waals surface area contributed by atoms with Crippen molar-refractivity contribution in [2.75, 3.05) is 21.3 Å². The normalized spacial score (nSPS) is 22.7. The van der Waals surface area contributed by atoms with Crippen molar-refractivity contribution in [2.24, 2.45) is 11.8 Å². The SMILES string of the molecule is C[C-]1CC(C)C2CCC=CC=C12.C[O-].C[O-].C[O-].[Ti+4]. The van der Waals surface area contributed by atoms with Gasteiger partial charge >= 0.3 is 21.7 Å². The molecule has 0 amide bonds. The Kier molecular flexibility index (Phi) is 20.2. The third kappa shape index (κ3) is 7.96. The van der Waals surface area contributed by atoms with Gasteiger partial charge < -0.3 is 15.3 Å². The van der Waals surface area contributed by atoms with Crippen LogP contribution in [0.1, 0.15) is 33.1 Å². The van der Waals surface area contributed by atoms with Gasteiger partial charge in [0, 0.05) is 0 Å². The molecule has 2 aliphatic carbocycles. The smallest absolute Gasteiger partial charge is 0.857 e. The van der Waals surface area contributed by atoms with Crippen molar-refractivity contribution in [3.8, 4) is 0 Å². The summed E-state index contributed by atoms with van der Waals surface area (Å²) in [6.45, 7) is 4.68. The van der Waals surface area contributed by atoms with Crippen LogP contribution in [0.5, 0.6) is 0 Å². The summed E-state index contributed by atoms with van der Waals surface area (Å²) in [5.74, 6) is 3.37. The Morgan fingerprint density at radius 3 is 2.16 bits per heavy atom. The molecule has 2 rings (SSSR count). The van der Waals surface area contributed by atoms with Gasteiger partial charge in [-0.2, -0.15) is 21.3 Å². The summed E-state index contributed by atoms with van der Waals surface area (Å²) in [5.41, 5.74) is 1.64. The third-order valence-electron chi connectivity index (χ3n) is 3.26. The second-order valence-electron chi connectivity index (χ2n) is 4.20. The average molecular weight is 302 g/mol. The van der Waals surface area contributed by atoms with Crippen LogP contribution >= 0.6 is 0 Å². The van der Waals surface area contributed by atoms with Crippen molar-refractivity contribution in [3.05, 3.63) is 29.7 Å². The number of allylic oxidation sites excluding steroid dienone is 4. The molecule has 0 N–H and O–H groups in total. The fourth-order valence-electron chi connectivity index (χ4n) is 2.62. The number of rotatable bonds is 0. The zero-order valence-electron chi connectivity index (χ0n) is 12.7. The molecule has 108 valence electrons. The van der Waals surface area contributed by atoms with Crippen LogP contribution in [0.3, 0.4) is 0 Å². The second-order valence-corrected chi connectivity index (χ2v) is 4.20. The minimum Gasteiger partial charge on any atom is -0.857 e. The Morgan fingerprint density at radius 2 is 1.63 bits per heavy atom. The van der Waals surface area contributed by atoms with Crippen molar-refractivity contribution in [2.45, 2.75) is 33.1 Å². The van der Waals surface area contributed by atoms with E-state index in [1.54, 1.807) is 11.5 Å². The molecule has 0 spiro atoms. The average Bonchev–Trinajstić information content (AvgIpc) is 2.65. The summed E-state index contributed by atoms with van der Waals surface area (Å²) in [6.07, 6.45) is 10.8. The van der Waals surface area contributed by atoms with E-state index in [1.807, 2.05) is 0 Å². The molecular formula is C15H26O3Ti. The Bertz CT molecular complexity index is 240. The molecule has 0 bridgehead atoms. The molecule has 0 aromatic carbocycles. The first-order valence-corrected chi connectivity index (χ1v) is 6.21. The molecule has 0 radical (unpaired) electrons. The molecule has 0 aromatic rings. The van der Waals surface area contributed by atoms with Crippen LogP contribution in [-0.4, -0.2) is 21.3 Å². The van der Waals surface area contributed by atoms with Crippen LogP contribution < -0.4 is 15.3 Å². The van der Waals surface area contributed by atoms with Gasteiger partial charge in [0.05, 0.1) is 0 Å². The quantitative estimate of drug-likeness (QED) is 0.481. The minimum absolute atomic E-state index is 0. The van der Waals surface area contributed by atoms with E-state index in [-0.39, 0.29) is 21.7 Å². The number of hydrogen-bond acceptors (Lipinski definition) is 3. The Morgan fingerprint density at radius 1 is 1.11 bits per heavy atom. The largest absolute Gasteiger partial charge is 4.00 e. The van der Waals surface area contributed by atoms with Crippen molar-refractivity contribution < 1.29 is 37.0 Å². The third-order valence-corrected chi connectivity index (χ3v) is 3.26. The van der Waals surface area contributed by atoms with Gasteiger partial charge in [0.25, 0.3) is 0 Å². The van der Waals surface area contributed by atoms with Crippen LogP contribution in [0.25, 0.3) is 0 Å². The van der Waals surface area contributed by atoms with Crippen molar-refractivity contribution in [3.63, 3.8) is 0 Å². The molecular weight excluding hydrogens is 276 g/mol. The van der Waals surface area contributed by atoms with Gasteiger partial charge in [0.1, 0.15) is 0 Å². The fraction of sp³-hybridized carbons (Fsp3) is 0.667. The maximum absolute atomic E-state index is 8.25. The van der Waals surface area contributed by atoms with E-state index in [4.69, 9.17) is 15.3 Å². The van der Waals surface area contributed by atoms with Crippen LogP contribution in [0, 0.1) is 17.8 Å². The summed E-state index contributed by atoms with van der Waals surface area (Å²) in [5, 5.41) is 24.8. The summed E-state index contributed by atoms with van der Waals surface area (Å²) < 4.78 is 0. The molecule has 0 aliphatic heterocycles. The van der Waals surface area contributed by atoms with E-state index >= 15 is 0 Å². The molecule has 3 nitrogen and oxygen atoms in total. The molecule has 2 unspecified atom stereocenters. The predicted octanol–water partition coefficient (Wildman–Crippen LogP) is 0.440. The maximum atomic E-state index is 8.25. The zero-order valence-corrected chi connectivity index (χ0v) is 14.3. The standard InChI is InChI=1S/C12H17.3CH3O.Ti/c1-9-8-10(2)12-7-5-3-4-6-11(9)12;3*1-2;/h3-4,6,10,12H,5,7-8H2,1-2H3;3*1H3;/q4*-1;+4. The van der Waals surface area contributed by atoms with E-state index in [0.29, 0.717) is 0 Å². The van der Waals surface area contributed by atoms with E-state index < -0.39 is 0 Å². The predicted molar refractivity (Wildman–Crippen MR) is 70.4 cm³/mol. The van der Waals surface area contributed by atoms with Crippen LogP contribution in [0.4, 0.5) is 0 Å². The monoisotopic (exact) mass is 302 g/mol. The summed E-state index contributed by atoms with van der Waals surface area (Å²) >= 11 is 0. The van der Waals surface area contributed by atoms with E-state index in [2.05, 4.69) is 32.1 Å². The number of hydrogen-bond donors (Lipinski definition) is 0. The van der Waals surface area contributed by atoms with Crippen LogP contribution in [0.2, 0.25) is 0 Å². The Labute approximate surface area is 133 Å². The van der Waals surface area contributed by atoms with Crippen molar-refractivity contribution in [1.82, 2.24) is 0 Å². The summed E-state index contributed by atoms with van der Waals surface area (Å²) in [4.78, 5) is 0. The first-order chi connectivity index (χ1) is 8.79. The maximum Gasteiger partial charge on any atom is 4.00 e. The summed E-state index contributed by atoms with van der Waals surface area (Å²) in [6, 6.07) is 0. The minimum atomic E-state index is 0. The van der Waals surface area contributed by atoms with Gasteiger partial charge in [-0.15, -0.1) is 19.1 Å². The Hall–Kier alpha value is -0.0557. The molecule has 1 fully saturated rings. The van der Waals surface area contributed by atoms with Crippen molar-refractivity contribution >= 4 is 0 Å². The molecule has 1 saturated carbocycles. The fourth-order valence-corrected chi connectivity index (χ4v) is 2.62. The number of fused-ring (bicyclic) bond motifs is 1. The molecule has 2 atom stereocenters. The first kappa shape index (κ1) is 24.0. The molecule has 0 aromatic heterocycles. The van der Waals surface area contributed by atoms with Gasteiger partial charge in [0.2, 0.25) is 0 Å². The van der Waals surface area contributed by atoms with Crippen LogP contribution in [0.15, 0.2) is 23.8 Å². The van der Waals surface area contributed by atoms with Gasteiger partial charge in [-0.1, -0.05) is 19.3 Å². The molecule has 0 saturated heterocycles. The van der Waals surface area contributed by atoms with E-state index in [0.717, 1.165) is 33.2 Å². The second kappa shape index (κ2) is 16.0. The molecule has 4 heteroatoms. The van der Waals surface area contributed by atoms with E-state index in [9.17, 15) is 0 Å². The summed E-state index contributed by atoms with van der Waals surface area (Å²) in [7, 11) is 2.25. The first-order valence-electron chi connectivity index (χ1n) is 6.21. The van der Waals surface area contributed by atoms with Crippen molar-refractivity contribution in [1.29, 1.82) is 0 Å². The van der Waals surface area contributed by atoms with Crippen LogP contribution in [-0.2, 0) is 21.7 Å². The Balaban J connectivity index is -0.000000325.